The number of urea groups is 1. The standard InChI is InChI=1S/C13H20N2O3/c1-5-9-7(3)6(2)8(4)13(9)10(16)14-12(18)15-11(13)17/h6-9H,5H2,1-4H3,(H2,14,15,16,17,18). The molecule has 1 saturated heterocycles. The number of nitrogens with one attached hydrogen (secondary N) is 2. The van der Waals surface area contributed by atoms with Crippen LogP contribution in [0.4, 0.5) is 4.79 Å². The number of amides is 4. The van der Waals surface area contributed by atoms with E-state index in [-0.39, 0.29) is 23.7 Å². The van der Waals surface area contributed by atoms with Crippen LogP contribution in [-0.4, -0.2) is 17.8 Å². The molecular formula is C13H20N2O3. The maximum absolute atomic E-state index is 12.3. The summed E-state index contributed by atoms with van der Waals surface area (Å²) < 4.78 is 0. The van der Waals surface area contributed by atoms with E-state index < -0.39 is 23.3 Å². The minimum Gasteiger partial charge on any atom is -0.277 e. The Balaban J connectivity index is 2.53. The number of hydrogen-bond donors (Lipinski definition) is 2. The molecule has 4 unspecified atom stereocenters. The van der Waals surface area contributed by atoms with Gasteiger partial charge in [0.1, 0.15) is 5.41 Å². The van der Waals surface area contributed by atoms with Gasteiger partial charge in [0, 0.05) is 0 Å². The molecule has 1 spiro atoms. The molecule has 0 bridgehead atoms. The van der Waals surface area contributed by atoms with Gasteiger partial charge in [0.25, 0.3) is 0 Å². The zero-order valence-corrected chi connectivity index (χ0v) is 11.2. The van der Waals surface area contributed by atoms with Crippen molar-refractivity contribution >= 4 is 17.8 Å². The minimum absolute atomic E-state index is 0.0180. The van der Waals surface area contributed by atoms with E-state index in [1.165, 1.54) is 0 Å². The Morgan fingerprint density at radius 2 is 1.50 bits per heavy atom. The lowest BCUT2D eigenvalue weighted by Gasteiger charge is -2.39. The summed E-state index contributed by atoms with van der Waals surface area (Å²) in [6.45, 7) is 8.08. The number of carbonyl (C=O) groups excluding carboxylic acids is 3. The molecule has 5 heteroatoms. The first-order valence-corrected chi connectivity index (χ1v) is 6.54. The lowest BCUT2D eigenvalue weighted by molar-refractivity contribution is -0.150. The molecule has 2 aliphatic rings. The molecule has 2 rings (SSSR count). The summed E-state index contributed by atoms with van der Waals surface area (Å²) >= 11 is 0. The first kappa shape index (κ1) is 13.1. The Morgan fingerprint density at radius 1 is 1.00 bits per heavy atom. The highest BCUT2D eigenvalue weighted by molar-refractivity contribution is 6.19. The van der Waals surface area contributed by atoms with Gasteiger partial charge in [-0.05, 0) is 23.7 Å². The molecule has 2 N–H and O–H groups in total. The van der Waals surface area contributed by atoms with Gasteiger partial charge in [0.2, 0.25) is 11.8 Å². The van der Waals surface area contributed by atoms with Crippen molar-refractivity contribution in [3.8, 4) is 0 Å². The highest BCUT2D eigenvalue weighted by Crippen LogP contribution is 2.56. The largest absolute Gasteiger partial charge is 0.328 e. The van der Waals surface area contributed by atoms with E-state index in [1.54, 1.807) is 0 Å². The van der Waals surface area contributed by atoms with E-state index in [4.69, 9.17) is 0 Å². The topological polar surface area (TPSA) is 75.3 Å². The Kier molecular flexibility index (Phi) is 2.95. The predicted octanol–water partition coefficient (Wildman–Crippen LogP) is 1.29. The van der Waals surface area contributed by atoms with Crippen LogP contribution in [0.3, 0.4) is 0 Å². The van der Waals surface area contributed by atoms with Crippen LogP contribution in [0.1, 0.15) is 34.1 Å². The van der Waals surface area contributed by atoms with Crippen molar-refractivity contribution in [1.82, 2.24) is 10.6 Å². The summed E-state index contributed by atoms with van der Waals surface area (Å²) in [6.07, 6.45) is 0.755. The molecule has 0 radical (unpaired) electrons. The quantitative estimate of drug-likeness (QED) is 0.690. The minimum atomic E-state index is -1.08. The molecule has 4 atom stereocenters. The van der Waals surface area contributed by atoms with Gasteiger partial charge in [-0.2, -0.15) is 0 Å². The molecule has 18 heavy (non-hydrogen) atoms. The second-order valence-electron chi connectivity index (χ2n) is 5.63. The lowest BCUT2D eigenvalue weighted by atomic mass is 9.68. The third-order valence-corrected chi connectivity index (χ3v) is 5.20. The third-order valence-electron chi connectivity index (χ3n) is 5.20. The number of imide groups is 2. The summed E-state index contributed by atoms with van der Waals surface area (Å²) in [4.78, 5) is 35.9. The third kappa shape index (κ3) is 1.36. The van der Waals surface area contributed by atoms with Crippen molar-refractivity contribution < 1.29 is 14.4 Å². The number of barbiturate groups is 1. The highest BCUT2D eigenvalue weighted by Gasteiger charge is 2.65. The zero-order valence-electron chi connectivity index (χ0n) is 11.2. The van der Waals surface area contributed by atoms with Crippen LogP contribution in [-0.2, 0) is 9.59 Å². The van der Waals surface area contributed by atoms with Crippen molar-refractivity contribution in [1.29, 1.82) is 0 Å². The van der Waals surface area contributed by atoms with Crippen LogP contribution in [0.2, 0.25) is 0 Å². The van der Waals surface area contributed by atoms with Crippen molar-refractivity contribution in [2.24, 2.45) is 29.1 Å². The van der Waals surface area contributed by atoms with Crippen LogP contribution in [0.5, 0.6) is 0 Å². The smallest absolute Gasteiger partial charge is 0.277 e. The predicted molar refractivity (Wildman–Crippen MR) is 65.4 cm³/mol. The molecular weight excluding hydrogens is 232 g/mol. The van der Waals surface area contributed by atoms with Crippen LogP contribution < -0.4 is 10.6 Å². The van der Waals surface area contributed by atoms with Gasteiger partial charge in [-0.3, -0.25) is 20.2 Å². The van der Waals surface area contributed by atoms with Crippen molar-refractivity contribution in [2.45, 2.75) is 34.1 Å². The van der Waals surface area contributed by atoms with Crippen molar-refractivity contribution in [3.05, 3.63) is 0 Å². The van der Waals surface area contributed by atoms with Crippen LogP contribution in [0.25, 0.3) is 0 Å². The van der Waals surface area contributed by atoms with E-state index in [0.717, 1.165) is 6.42 Å². The maximum atomic E-state index is 12.3. The summed E-state index contributed by atoms with van der Waals surface area (Å²) in [5.74, 6) is -0.367. The van der Waals surface area contributed by atoms with Gasteiger partial charge in [0.15, 0.2) is 0 Å². The summed E-state index contributed by atoms with van der Waals surface area (Å²) in [7, 11) is 0. The summed E-state index contributed by atoms with van der Waals surface area (Å²) in [5, 5.41) is 4.54. The fourth-order valence-corrected chi connectivity index (χ4v) is 3.98. The van der Waals surface area contributed by atoms with E-state index in [1.807, 2.05) is 13.8 Å². The Morgan fingerprint density at radius 3 is 1.94 bits per heavy atom. The second kappa shape index (κ2) is 4.07. The second-order valence-corrected chi connectivity index (χ2v) is 5.63. The van der Waals surface area contributed by atoms with Gasteiger partial charge in [-0.15, -0.1) is 0 Å². The molecule has 0 aromatic carbocycles. The van der Waals surface area contributed by atoms with E-state index >= 15 is 0 Å². The average Bonchev–Trinajstić information content (AvgIpc) is 2.48. The molecule has 1 heterocycles. The normalized spacial score (nSPS) is 38.8. The highest BCUT2D eigenvalue weighted by atomic mass is 16.2. The molecule has 2 fully saturated rings. The van der Waals surface area contributed by atoms with E-state index in [0.29, 0.717) is 0 Å². The zero-order chi connectivity index (χ0) is 13.7. The van der Waals surface area contributed by atoms with Gasteiger partial charge in [0.05, 0.1) is 0 Å². The van der Waals surface area contributed by atoms with Gasteiger partial charge in [-0.25, -0.2) is 4.79 Å². The summed E-state index contributed by atoms with van der Waals surface area (Å²) in [6, 6.07) is -0.704. The first-order chi connectivity index (χ1) is 8.37. The molecule has 1 saturated carbocycles. The Labute approximate surface area is 107 Å². The molecule has 4 amide bonds. The van der Waals surface area contributed by atoms with E-state index in [9.17, 15) is 14.4 Å². The molecule has 0 aromatic heterocycles. The van der Waals surface area contributed by atoms with Gasteiger partial charge < -0.3 is 0 Å². The van der Waals surface area contributed by atoms with Gasteiger partial charge in [-0.1, -0.05) is 34.1 Å². The molecule has 0 aromatic rings. The lowest BCUT2D eigenvalue weighted by Crippen LogP contribution is -2.65. The maximum Gasteiger partial charge on any atom is 0.328 e. The van der Waals surface area contributed by atoms with E-state index in [2.05, 4.69) is 24.5 Å². The molecule has 5 nitrogen and oxygen atoms in total. The van der Waals surface area contributed by atoms with Crippen molar-refractivity contribution in [3.63, 3.8) is 0 Å². The fourth-order valence-electron chi connectivity index (χ4n) is 3.98. The fraction of sp³-hybridized carbons (Fsp3) is 0.769. The average molecular weight is 252 g/mol. The number of carbonyl (C=O) groups is 3. The Bertz CT molecular complexity index is 398. The van der Waals surface area contributed by atoms with Crippen molar-refractivity contribution in [2.75, 3.05) is 0 Å². The summed E-state index contributed by atoms with van der Waals surface area (Å²) in [5.41, 5.74) is -1.08. The monoisotopic (exact) mass is 252 g/mol. The van der Waals surface area contributed by atoms with Crippen LogP contribution in [0, 0.1) is 29.1 Å². The molecule has 1 aliphatic heterocycles. The number of rotatable bonds is 1. The van der Waals surface area contributed by atoms with Crippen LogP contribution >= 0.6 is 0 Å². The van der Waals surface area contributed by atoms with Gasteiger partial charge >= 0.3 is 6.03 Å². The molecule has 1 aliphatic carbocycles. The number of hydrogen-bond acceptors (Lipinski definition) is 3. The first-order valence-electron chi connectivity index (χ1n) is 6.54. The Hall–Kier alpha value is -1.39. The SMILES string of the molecule is CCC1C(C)C(C)C(C)C12C(=O)NC(=O)NC2=O. The van der Waals surface area contributed by atoms with Crippen LogP contribution in [0.15, 0.2) is 0 Å². The molecule has 100 valence electrons.